The van der Waals surface area contributed by atoms with Crippen molar-refractivity contribution >= 4 is 75.9 Å². The van der Waals surface area contributed by atoms with E-state index in [0.29, 0.717) is 0 Å². The third-order valence-corrected chi connectivity index (χ3v) is 18.2. The van der Waals surface area contributed by atoms with Gasteiger partial charge in [-0.05, 0) is 170 Å². The first-order chi connectivity index (χ1) is 45.7. The fourth-order valence-corrected chi connectivity index (χ4v) is 14.0. The summed E-state index contributed by atoms with van der Waals surface area (Å²) in [5, 5.41) is 12.5. The van der Waals surface area contributed by atoms with E-state index in [1.165, 1.54) is 109 Å². The molecule has 2 aromatic heterocycles. The number of hydrogen-bond acceptors (Lipinski definition) is 2. The van der Waals surface area contributed by atoms with Crippen molar-refractivity contribution in [2.24, 2.45) is 0 Å². The minimum absolute atomic E-state index is 0.940. The van der Waals surface area contributed by atoms with Gasteiger partial charge >= 0.3 is 0 Å². The third-order valence-electron chi connectivity index (χ3n) is 18.2. The molecule has 0 fully saturated rings. The monoisotopic (exact) mass is 1170 g/mol. The zero-order valence-corrected chi connectivity index (χ0v) is 50.3. The van der Waals surface area contributed by atoms with Crippen LogP contribution in [0.3, 0.4) is 0 Å². The lowest BCUT2D eigenvalue weighted by Gasteiger charge is -2.19. The highest BCUT2D eigenvalue weighted by molar-refractivity contribution is 6.23. The van der Waals surface area contributed by atoms with Crippen LogP contribution in [0, 0.1) is 0 Å². The molecule has 18 rings (SSSR count). The first-order valence-electron chi connectivity index (χ1n) is 31.5. The standard InChI is InChI=1S/C45H30N2.C43H28N2/c1-4-14-31(15-5-1)35-26-29-39-40(30-35)44(38-21-11-10-20-37(38)43(39)32-16-6-2-7-17-32)33-24-27-36(28-25-33)47-42-23-13-12-22-41(42)46-45(47)34-18-8-3-9-19-34;1-2-13-31(14-3-1)43-44-39-20-10-11-21-40(39)45(43)34-26-24-30(25-27-34)41-35-16-6-8-18-37(35)42(38-19-9-7-17-36(38)41)33-23-22-29-12-4-5-15-32(29)28-33/h1-30H;1-28H. The van der Waals surface area contributed by atoms with Gasteiger partial charge in [-0.1, -0.05) is 291 Å². The summed E-state index contributed by atoms with van der Waals surface area (Å²) in [6.07, 6.45) is 0. The summed E-state index contributed by atoms with van der Waals surface area (Å²) in [4.78, 5) is 10.1. The number of fused-ring (bicyclic) bond motifs is 7. The van der Waals surface area contributed by atoms with Crippen LogP contribution in [0.1, 0.15) is 0 Å². The Hall–Kier alpha value is -12.2. The van der Waals surface area contributed by atoms with Crippen LogP contribution in [-0.2, 0) is 0 Å². The second kappa shape index (κ2) is 23.0. The fourth-order valence-electron chi connectivity index (χ4n) is 14.0. The minimum atomic E-state index is 0.940. The Morgan fingerprint density at radius 3 is 0.957 bits per heavy atom. The van der Waals surface area contributed by atoms with Crippen molar-refractivity contribution < 1.29 is 0 Å². The topological polar surface area (TPSA) is 35.6 Å². The molecule has 0 aliphatic carbocycles. The molecular formula is C88H58N4. The Balaban J connectivity index is 0.000000141. The largest absolute Gasteiger partial charge is 0.292 e. The number of hydrogen-bond donors (Lipinski definition) is 0. The number of rotatable bonds is 9. The number of nitrogens with zero attached hydrogens (tertiary/aromatic N) is 4. The Morgan fingerprint density at radius 2 is 0.500 bits per heavy atom. The van der Waals surface area contributed by atoms with Gasteiger partial charge in [0.2, 0.25) is 0 Å². The molecule has 0 spiro atoms. The lowest BCUT2D eigenvalue weighted by molar-refractivity contribution is 1.10. The van der Waals surface area contributed by atoms with Crippen LogP contribution in [-0.4, -0.2) is 19.1 Å². The Kier molecular flexibility index (Phi) is 13.5. The van der Waals surface area contributed by atoms with E-state index in [1.807, 2.05) is 12.1 Å². The molecule has 2 heterocycles. The predicted octanol–water partition coefficient (Wildman–Crippen LogP) is 23.5. The second-order valence-corrected chi connectivity index (χ2v) is 23.5. The van der Waals surface area contributed by atoms with Gasteiger partial charge in [0.15, 0.2) is 0 Å². The minimum Gasteiger partial charge on any atom is -0.292 e. The third kappa shape index (κ3) is 9.49. The molecule has 4 heteroatoms. The molecule has 4 nitrogen and oxygen atoms in total. The summed E-state index contributed by atoms with van der Waals surface area (Å²) in [6, 6.07) is 126. The van der Waals surface area contributed by atoms with E-state index >= 15 is 0 Å². The van der Waals surface area contributed by atoms with E-state index in [9.17, 15) is 0 Å². The van der Waals surface area contributed by atoms with Crippen molar-refractivity contribution in [2.75, 3.05) is 0 Å². The van der Waals surface area contributed by atoms with Crippen LogP contribution in [0.5, 0.6) is 0 Å². The first kappa shape index (κ1) is 54.0. The van der Waals surface area contributed by atoms with Crippen molar-refractivity contribution in [3.8, 4) is 89.8 Å². The highest BCUT2D eigenvalue weighted by Gasteiger charge is 2.22. The zero-order valence-electron chi connectivity index (χ0n) is 50.3. The predicted molar refractivity (Wildman–Crippen MR) is 388 cm³/mol. The average Bonchev–Trinajstić information content (AvgIpc) is 1.06. The molecule has 0 bridgehead atoms. The molecule has 0 saturated heterocycles. The van der Waals surface area contributed by atoms with Crippen LogP contribution in [0.25, 0.3) is 166 Å². The molecule has 16 aromatic carbocycles. The van der Waals surface area contributed by atoms with Gasteiger partial charge in [0, 0.05) is 22.5 Å². The molecule has 0 N–H and O–H groups in total. The lowest BCUT2D eigenvalue weighted by atomic mass is 9.85. The van der Waals surface area contributed by atoms with Crippen LogP contribution >= 0.6 is 0 Å². The second-order valence-electron chi connectivity index (χ2n) is 23.5. The molecule has 430 valence electrons. The van der Waals surface area contributed by atoms with Gasteiger partial charge in [-0.15, -0.1) is 0 Å². The number of imidazole rings is 2. The van der Waals surface area contributed by atoms with Crippen LogP contribution in [0.4, 0.5) is 0 Å². The Morgan fingerprint density at radius 1 is 0.185 bits per heavy atom. The molecule has 0 radical (unpaired) electrons. The van der Waals surface area contributed by atoms with Crippen molar-refractivity contribution in [3.63, 3.8) is 0 Å². The van der Waals surface area contributed by atoms with Crippen LogP contribution in [0.2, 0.25) is 0 Å². The molecule has 92 heavy (non-hydrogen) atoms. The normalized spacial score (nSPS) is 11.5. The van der Waals surface area contributed by atoms with Crippen molar-refractivity contribution in [1.29, 1.82) is 0 Å². The van der Waals surface area contributed by atoms with E-state index in [4.69, 9.17) is 9.97 Å². The highest BCUT2D eigenvalue weighted by atomic mass is 15.1. The molecular weight excluding hydrogens is 1110 g/mol. The smallest absolute Gasteiger partial charge is 0.145 e. The van der Waals surface area contributed by atoms with Crippen LogP contribution < -0.4 is 0 Å². The quantitative estimate of drug-likeness (QED) is 0.135. The summed E-state index contributed by atoms with van der Waals surface area (Å²) >= 11 is 0. The maximum atomic E-state index is 5.06. The molecule has 18 aromatic rings. The number of benzene rings is 16. The first-order valence-corrected chi connectivity index (χ1v) is 31.5. The molecule has 0 aliphatic heterocycles. The van der Waals surface area contributed by atoms with Gasteiger partial charge in [-0.25, -0.2) is 9.97 Å². The lowest BCUT2D eigenvalue weighted by Crippen LogP contribution is -1.98. The number of para-hydroxylation sites is 4. The highest BCUT2D eigenvalue weighted by Crippen LogP contribution is 2.47. The maximum Gasteiger partial charge on any atom is 0.145 e. The Labute approximate surface area is 533 Å². The molecule has 0 unspecified atom stereocenters. The van der Waals surface area contributed by atoms with Gasteiger partial charge in [-0.3, -0.25) is 9.13 Å². The van der Waals surface area contributed by atoms with Crippen LogP contribution in [0.15, 0.2) is 352 Å². The summed E-state index contributed by atoms with van der Waals surface area (Å²) < 4.78 is 4.55. The summed E-state index contributed by atoms with van der Waals surface area (Å²) in [6.45, 7) is 0. The van der Waals surface area contributed by atoms with Gasteiger partial charge in [0.05, 0.1) is 22.1 Å². The zero-order chi connectivity index (χ0) is 60.9. The van der Waals surface area contributed by atoms with Crippen molar-refractivity contribution in [3.05, 3.63) is 352 Å². The van der Waals surface area contributed by atoms with E-state index < -0.39 is 0 Å². The van der Waals surface area contributed by atoms with Gasteiger partial charge in [0.25, 0.3) is 0 Å². The van der Waals surface area contributed by atoms with Gasteiger partial charge in [-0.2, -0.15) is 0 Å². The summed E-state index contributed by atoms with van der Waals surface area (Å²) in [5.41, 5.74) is 20.9. The van der Waals surface area contributed by atoms with E-state index in [2.05, 4.69) is 349 Å². The SMILES string of the molecule is c1ccc(-c2ccc3c(-c4ccccc4)c4ccccc4c(-c4ccc(-n5c(-c6ccccc6)nc6ccccc65)cc4)c3c2)cc1.c1ccc(-c2nc3ccccc3n2-c2ccc(-c3c4ccccc4c(-c4ccc5ccccc5c4)c4ccccc34)cc2)cc1. The van der Waals surface area contributed by atoms with E-state index in [1.54, 1.807) is 0 Å². The Bertz CT molecular complexity index is 5720. The molecule has 0 aliphatic rings. The molecule has 0 atom stereocenters. The average molecular weight is 1170 g/mol. The van der Waals surface area contributed by atoms with Crippen molar-refractivity contribution in [1.82, 2.24) is 19.1 Å². The summed E-state index contributed by atoms with van der Waals surface area (Å²) in [7, 11) is 0. The van der Waals surface area contributed by atoms with E-state index in [0.717, 1.165) is 56.2 Å². The summed E-state index contributed by atoms with van der Waals surface area (Å²) in [5.74, 6) is 1.88. The van der Waals surface area contributed by atoms with Gasteiger partial charge < -0.3 is 0 Å². The molecule has 0 amide bonds. The number of aromatic nitrogens is 4. The van der Waals surface area contributed by atoms with Crippen molar-refractivity contribution in [2.45, 2.75) is 0 Å². The maximum absolute atomic E-state index is 5.06. The fraction of sp³-hybridized carbons (Fsp3) is 0. The van der Waals surface area contributed by atoms with E-state index in [-0.39, 0.29) is 0 Å². The van der Waals surface area contributed by atoms with Gasteiger partial charge in [0.1, 0.15) is 11.6 Å². The molecule has 0 saturated carbocycles.